The van der Waals surface area contributed by atoms with Crippen molar-refractivity contribution in [3.05, 3.63) is 26.9 Å². The first kappa shape index (κ1) is 11.4. The highest BCUT2D eigenvalue weighted by atomic mass is 79.9. The van der Waals surface area contributed by atoms with Crippen LogP contribution in [-0.4, -0.2) is 12.5 Å². The van der Waals surface area contributed by atoms with Crippen LogP contribution in [-0.2, 0) is 9.63 Å². The minimum atomic E-state index is -0.255. The van der Waals surface area contributed by atoms with Gasteiger partial charge in [0.1, 0.15) is 0 Å². The van der Waals surface area contributed by atoms with Gasteiger partial charge in [-0.15, -0.1) is 11.3 Å². The average Bonchev–Trinajstić information content (AvgIpc) is 2.58. The summed E-state index contributed by atoms with van der Waals surface area (Å²) in [5, 5.41) is 1.95. The van der Waals surface area contributed by atoms with E-state index in [1.165, 1.54) is 6.08 Å². The van der Waals surface area contributed by atoms with Gasteiger partial charge < -0.3 is 0 Å². The number of thiophene rings is 1. The highest BCUT2D eigenvalue weighted by molar-refractivity contribution is 9.11. The number of hydroxylamine groups is 1. The second kappa shape index (κ2) is 5.95. The predicted molar refractivity (Wildman–Crippen MR) is 60.8 cm³/mol. The van der Waals surface area contributed by atoms with Crippen LogP contribution in [0.2, 0.25) is 0 Å². The Balaban J connectivity index is 2.43. The van der Waals surface area contributed by atoms with Crippen LogP contribution in [0.15, 0.2) is 21.3 Å². The van der Waals surface area contributed by atoms with Crippen LogP contribution in [0.5, 0.6) is 0 Å². The molecule has 0 radical (unpaired) electrons. The molecule has 0 aliphatic carbocycles. The molecule has 0 saturated heterocycles. The van der Waals surface area contributed by atoms with Crippen LogP contribution in [0.1, 0.15) is 12.5 Å². The molecule has 0 aliphatic rings. The van der Waals surface area contributed by atoms with E-state index in [0.717, 1.165) is 9.35 Å². The van der Waals surface area contributed by atoms with Gasteiger partial charge in [-0.25, -0.2) is 5.48 Å². The Morgan fingerprint density at radius 2 is 2.57 bits per heavy atom. The van der Waals surface area contributed by atoms with Gasteiger partial charge in [0, 0.05) is 6.08 Å². The maximum absolute atomic E-state index is 11.1. The summed E-state index contributed by atoms with van der Waals surface area (Å²) in [6, 6.07) is 1.94. The first-order valence-corrected chi connectivity index (χ1v) is 5.73. The zero-order valence-electron chi connectivity index (χ0n) is 7.62. The zero-order valence-corrected chi connectivity index (χ0v) is 10.0. The summed E-state index contributed by atoms with van der Waals surface area (Å²) in [6.45, 7) is 2.27. The topological polar surface area (TPSA) is 38.3 Å². The monoisotopic (exact) mass is 275 g/mol. The van der Waals surface area contributed by atoms with E-state index >= 15 is 0 Å². The zero-order chi connectivity index (χ0) is 10.4. The van der Waals surface area contributed by atoms with Gasteiger partial charge in [0.2, 0.25) is 0 Å². The molecule has 1 aromatic rings. The number of amides is 1. The lowest BCUT2D eigenvalue weighted by Gasteiger charge is -1.97. The number of carbonyl (C=O) groups excluding carboxylic acids is 1. The molecular formula is C9H10BrNO2S. The van der Waals surface area contributed by atoms with E-state index in [-0.39, 0.29) is 5.91 Å². The summed E-state index contributed by atoms with van der Waals surface area (Å²) in [5.74, 6) is -0.255. The lowest BCUT2D eigenvalue weighted by atomic mass is 10.3. The second-order valence-electron chi connectivity index (χ2n) is 2.42. The van der Waals surface area contributed by atoms with Gasteiger partial charge in [0.25, 0.3) is 5.91 Å². The van der Waals surface area contributed by atoms with E-state index < -0.39 is 0 Å². The molecule has 0 aromatic carbocycles. The van der Waals surface area contributed by atoms with Crippen molar-refractivity contribution in [2.24, 2.45) is 0 Å². The van der Waals surface area contributed by atoms with Gasteiger partial charge >= 0.3 is 0 Å². The third kappa shape index (κ3) is 4.04. The van der Waals surface area contributed by atoms with Gasteiger partial charge in [0.05, 0.1) is 10.4 Å². The molecule has 0 fully saturated rings. The summed E-state index contributed by atoms with van der Waals surface area (Å²) in [7, 11) is 0. The Kier molecular flexibility index (Phi) is 4.86. The fraction of sp³-hybridized carbons (Fsp3) is 0.222. The SMILES string of the molecule is CCONC(=O)C=Cc1csc(Br)c1. The Hall–Kier alpha value is -0.650. The van der Waals surface area contributed by atoms with E-state index in [9.17, 15) is 4.79 Å². The standard InChI is InChI=1S/C9H10BrNO2S/c1-2-13-11-9(12)4-3-7-5-8(10)14-6-7/h3-6H,2H2,1H3,(H,11,12). The van der Waals surface area contributed by atoms with Gasteiger partial charge in [-0.3, -0.25) is 9.63 Å². The lowest BCUT2D eigenvalue weighted by Crippen LogP contribution is -2.20. The fourth-order valence-corrected chi connectivity index (χ4v) is 1.90. The molecular weight excluding hydrogens is 266 g/mol. The summed E-state index contributed by atoms with van der Waals surface area (Å²) in [4.78, 5) is 15.8. The van der Waals surface area contributed by atoms with Gasteiger partial charge in [-0.1, -0.05) is 0 Å². The maximum Gasteiger partial charge on any atom is 0.267 e. The number of carbonyl (C=O) groups is 1. The third-order valence-corrected chi connectivity index (χ3v) is 2.85. The summed E-state index contributed by atoms with van der Waals surface area (Å²) in [6.07, 6.45) is 3.17. The van der Waals surface area contributed by atoms with Crippen molar-refractivity contribution < 1.29 is 9.63 Å². The molecule has 76 valence electrons. The van der Waals surface area contributed by atoms with Crippen molar-refractivity contribution in [3.8, 4) is 0 Å². The Bertz CT molecular complexity index is 335. The molecule has 0 unspecified atom stereocenters. The highest BCUT2D eigenvalue weighted by Gasteiger charge is 1.95. The number of hydrogen-bond donors (Lipinski definition) is 1. The van der Waals surface area contributed by atoms with E-state index in [2.05, 4.69) is 21.4 Å². The van der Waals surface area contributed by atoms with Crippen molar-refractivity contribution >= 4 is 39.2 Å². The number of nitrogens with one attached hydrogen (secondary N) is 1. The predicted octanol–water partition coefficient (Wildman–Crippen LogP) is 2.59. The van der Waals surface area contributed by atoms with E-state index in [4.69, 9.17) is 4.84 Å². The summed E-state index contributed by atoms with van der Waals surface area (Å²) < 4.78 is 1.04. The second-order valence-corrected chi connectivity index (χ2v) is 4.71. The molecule has 14 heavy (non-hydrogen) atoms. The average molecular weight is 276 g/mol. The van der Waals surface area contributed by atoms with Crippen molar-refractivity contribution in [2.45, 2.75) is 6.92 Å². The number of hydrogen-bond acceptors (Lipinski definition) is 3. The van der Waals surface area contributed by atoms with E-state index in [1.54, 1.807) is 24.3 Å². The number of rotatable bonds is 4. The Morgan fingerprint density at radius 1 is 1.79 bits per heavy atom. The summed E-state index contributed by atoms with van der Waals surface area (Å²) >= 11 is 4.92. The minimum absolute atomic E-state index is 0.255. The van der Waals surface area contributed by atoms with Gasteiger partial charge in [-0.2, -0.15) is 0 Å². The van der Waals surface area contributed by atoms with Crippen molar-refractivity contribution in [2.75, 3.05) is 6.61 Å². The Morgan fingerprint density at radius 3 is 3.14 bits per heavy atom. The molecule has 1 aromatic heterocycles. The van der Waals surface area contributed by atoms with E-state index in [1.807, 2.05) is 11.4 Å². The first-order valence-electron chi connectivity index (χ1n) is 4.06. The molecule has 1 rings (SSSR count). The fourth-order valence-electron chi connectivity index (χ4n) is 0.760. The molecule has 1 N–H and O–H groups in total. The molecule has 0 bridgehead atoms. The molecule has 1 heterocycles. The molecule has 3 nitrogen and oxygen atoms in total. The Labute approximate surface area is 94.9 Å². The van der Waals surface area contributed by atoms with Crippen LogP contribution >= 0.6 is 27.3 Å². The molecule has 1 amide bonds. The largest absolute Gasteiger partial charge is 0.274 e. The molecule has 0 aliphatic heterocycles. The molecule has 0 atom stereocenters. The highest BCUT2D eigenvalue weighted by Crippen LogP contribution is 2.21. The van der Waals surface area contributed by atoms with Crippen LogP contribution in [0.25, 0.3) is 6.08 Å². The van der Waals surface area contributed by atoms with Crippen LogP contribution in [0, 0.1) is 0 Å². The lowest BCUT2D eigenvalue weighted by molar-refractivity contribution is -0.127. The van der Waals surface area contributed by atoms with Crippen LogP contribution < -0.4 is 5.48 Å². The van der Waals surface area contributed by atoms with E-state index in [0.29, 0.717) is 6.61 Å². The molecule has 5 heteroatoms. The van der Waals surface area contributed by atoms with Crippen molar-refractivity contribution in [1.82, 2.24) is 5.48 Å². The first-order chi connectivity index (χ1) is 6.72. The molecule has 0 spiro atoms. The van der Waals surface area contributed by atoms with Crippen LogP contribution in [0.3, 0.4) is 0 Å². The van der Waals surface area contributed by atoms with Crippen molar-refractivity contribution in [3.63, 3.8) is 0 Å². The maximum atomic E-state index is 11.1. The number of halogens is 1. The van der Waals surface area contributed by atoms with Gasteiger partial charge in [0.15, 0.2) is 0 Å². The smallest absolute Gasteiger partial charge is 0.267 e. The van der Waals surface area contributed by atoms with Crippen LogP contribution in [0.4, 0.5) is 0 Å². The normalized spacial score (nSPS) is 10.7. The quantitative estimate of drug-likeness (QED) is 0.678. The third-order valence-electron chi connectivity index (χ3n) is 1.33. The summed E-state index contributed by atoms with van der Waals surface area (Å²) in [5.41, 5.74) is 3.27. The van der Waals surface area contributed by atoms with Gasteiger partial charge in [-0.05, 0) is 45.9 Å². The van der Waals surface area contributed by atoms with Crippen molar-refractivity contribution in [1.29, 1.82) is 0 Å². The molecule has 0 saturated carbocycles. The minimum Gasteiger partial charge on any atom is -0.274 e.